The summed E-state index contributed by atoms with van der Waals surface area (Å²) in [6, 6.07) is 0.0316. The Kier molecular flexibility index (Phi) is 5.06. The summed E-state index contributed by atoms with van der Waals surface area (Å²) in [6.45, 7) is 0.228. The number of nitrogens with one attached hydrogen (secondary N) is 1. The molecule has 4 fully saturated rings. The first kappa shape index (κ1) is 21.4. The Bertz CT molecular complexity index is 763. The number of hydrogen-bond donors (Lipinski definition) is 1. The number of nitrogens with zero attached hydrogens (tertiary/aromatic N) is 2. The van der Waals surface area contributed by atoms with E-state index in [1.807, 2.05) is 0 Å². The van der Waals surface area contributed by atoms with Crippen molar-refractivity contribution in [3.63, 3.8) is 0 Å². The number of alkyl halides is 4. The number of Topliss-reactive ketones (excluding diaryl/α,β-unsaturated/α-hetero) is 1. The molecule has 3 aliphatic carbocycles. The highest BCUT2D eigenvalue weighted by molar-refractivity contribution is 5.89. The Hall–Kier alpha value is -1.85. The summed E-state index contributed by atoms with van der Waals surface area (Å²) in [6.07, 6.45) is 1.53. The van der Waals surface area contributed by atoms with Crippen LogP contribution in [0.15, 0.2) is 0 Å². The maximum Gasteiger partial charge on any atom is 0.317 e. The second-order valence-electron chi connectivity index (χ2n) is 9.89. The summed E-state index contributed by atoms with van der Waals surface area (Å²) in [7, 11) is 0. The molecule has 0 aromatic rings. The number of carbonyl (C=O) groups is 2. The largest absolute Gasteiger partial charge is 0.328 e. The first-order valence-corrected chi connectivity index (χ1v) is 10.7. The minimum absolute atomic E-state index is 0.0427. The standard InChI is InChI=1S/C21H27F4N3O2/c22-20(23,9-14-1-2-14)10-15(16(29)11-18(13-26)3-4-18)27-17(30)28-7-5-19(6-8-28)12-21(19,24)25/h14-15H,1-12H2,(H,27,30)/t15-/m0/s1. The Balaban J connectivity index is 1.38. The van der Waals surface area contributed by atoms with Gasteiger partial charge in [-0.05, 0) is 44.4 Å². The highest BCUT2D eigenvalue weighted by Crippen LogP contribution is 2.65. The van der Waals surface area contributed by atoms with Gasteiger partial charge in [-0.3, -0.25) is 4.79 Å². The van der Waals surface area contributed by atoms with E-state index in [0.717, 1.165) is 12.8 Å². The third kappa shape index (κ3) is 4.42. The Morgan fingerprint density at radius 1 is 1.17 bits per heavy atom. The molecule has 30 heavy (non-hydrogen) atoms. The van der Waals surface area contributed by atoms with Gasteiger partial charge in [-0.2, -0.15) is 5.26 Å². The molecular formula is C21H27F4N3O2. The van der Waals surface area contributed by atoms with Crippen LogP contribution in [0, 0.1) is 28.1 Å². The van der Waals surface area contributed by atoms with Crippen molar-refractivity contribution < 1.29 is 27.2 Å². The number of hydrogen-bond acceptors (Lipinski definition) is 3. The fraction of sp³-hybridized carbons (Fsp3) is 0.857. The summed E-state index contributed by atoms with van der Waals surface area (Å²) >= 11 is 0. The third-order valence-electron chi connectivity index (χ3n) is 7.30. The van der Waals surface area contributed by atoms with Crippen LogP contribution < -0.4 is 5.32 Å². The lowest BCUT2D eigenvalue weighted by atomic mass is 9.92. The predicted octanol–water partition coefficient (Wildman–Crippen LogP) is 4.27. The van der Waals surface area contributed by atoms with E-state index in [0.29, 0.717) is 12.8 Å². The molecule has 1 heterocycles. The maximum atomic E-state index is 14.5. The van der Waals surface area contributed by atoms with Gasteiger partial charge in [-0.25, -0.2) is 22.4 Å². The van der Waals surface area contributed by atoms with Gasteiger partial charge in [0, 0.05) is 44.2 Å². The highest BCUT2D eigenvalue weighted by Gasteiger charge is 2.70. The molecule has 0 bridgehead atoms. The van der Waals surface area contributed by atoms with E-state index in [-0.39, 0.29) is 51.1 Å². The minimum Gasteiger partial charge on any atom is -0.328 e. The zero-order valence-electron chi connectivity index (χ0n) is 16.9. The molecule has 0 unspecified atom stereocenters. The van der Waals surface area contributed by atoms with Gasteiger partial charge in [0.1, 0.15) is 0 Å². The molecule has 4 aliphatic rings. The molecule has 2 amide bonds. The summed E-state index contributed by atoms with van der Waals surface area (Å²) in [5, 5.41) is 11.7. The van der Waals surface area contributed by atoms with E-state index >= 15 is 0 Å². The number of piperidine rings is 1. The number of urea groups is 1. The first-order chi connectivity index (χ1) is 14.0. The molecule has 0 aromatic heterocycles. The molecule has 5 nitrogen and oxygen atoms in total. The van der Waals surface area contributed by atoms with Crippen molar-refractivity contribution in [3.8, 4) is 6.07 Å². The average Bonchev–Trinajstić information content (AvgIpc) is 3.59. The van der Waals surface area contributed by atoms with Gasteiger partial charge in [0.2, 0.25) is 0 Å². The van der Waals surface area contributed by atoms with Gasteiger partial charge in [-0.1, -0.05) is 0 Å². The minimum atomic E-state index is -3.08. The summed E-state index contributed by atoms with van der Waals surface area (Å²) in [5.74, 6) is -6.37. The molecule has 0 radical (unpaired) electrons. The Labute approximate surface area is 173 Å². The molecule has 1 spiro atoms. The SMILES string of the molecule is N#CC1(CC(=O)[C@H](CC(F)(F)CC2CC2)NC(=O)N2CCC3(CC2)CC3(F)F)CC1. The van der Waals surface area contributed by atoms with Gasteiger partial charge in [0.15, 0.2) is 5.78 Å². The van der Waals surface area contributed by atoms with Crippen LogP contribution in [0.3, 0.4) is 0 Å². The van der Waals surface area contributed by atoms with Gasteiger partial charge in [0.05, 0.1) is 17.5 Å². The van der Waals surface area contributed by atoms with E-state index in [2.05, 4.69) is 11.4 Å². The molecule has 0 aromatic carbocycles. The zero-order valence-corrected chi connectivity index (χ0v) is 16.9. The molecule has 1 saturated heterocycles. The van der Waals surface area contributed by atoms with Gasteiger partial charge in [0.25, 0.3) is 11.8 Å². The van der Waals surface area contributed by atoms with Crippen molar-refractivity contribution in [2.75, 3.05) is 13.1 Å². The van der Waals surface area contributed by atoms with Crippen molar-refractivity contribution in [2.45, 2.75) is 82.1 Å². The first-order valence-electron chi connectivity index (χ1n) is 10.7. The number of likely N-dealkylation sites (tertiary alicyclic amines) is 1. The Morgan fingerprint density at radius 3 is 2.23 bits per heavy atom. The molecule has 1 atom stereocenters. The lowest BCUT2D eigenvalue weighted by Crippen LogP contribution is -2.52. The lowest BCUT2D eigenvalue weighted by molar-refractivity contribution is -0.124. The van der Waals surface area contributed by atoms with E-state index < -0.39 is 47.0 Å². The van der Waals surface area contributed by atoms with Crippen LogP contribution in [0.25, 0.3) is 0 Å². The number of carbonyl (C=O) groups excluding carboxylic acids is 2. The summed E-state index contributed by atoms with van der Waals surface area (Å²) in [5.41, 5.74) is -1.82. The second kappa shape index (κ2) is 7.10. The number of halogens is 4. The number of amides is 2. The van der Waals surface area contributed by atoms with Crippen LogP contribution in [0.5, 0.6) is 0 Å². The van der Waals surface area contributed by atoms with Crippen LogP contribution in [0.1, 0.15) is 64.2 Å². The number of nitriles is 1. The van der Waals surface area contributed by atoms with Crippen LogP contribution in [-0.4, -0.2) is 47.7 Å². The fourth-order valence-electron chi connectivity index (χ4n) is 4.61. The van der Waals surface area contributed by atoms with Crippen LogP contribution >= 0.6 is 0 Å². The van der Waals surface area contributed by atoms with Gasteiger partial charge >= 0.3 is 6.03 Å². The molecule has 9 heteroatoms. The predicted molar refractivity (Wildman–Crippen MR) is 98.9 cm³/mol. The molecule has 3 saturated carbocycles. The summed E-state index contributed by atoms with van der Waals surface area (Å²) in [4.78, 5) is 26.7. The third-order valence-corrected chi connectivity index (χ3v) is 7.30. The van der Waals surface area contributed by atoms with Crippen LogP contribution in [0.2, 0.25) is 0 Å². The van der Waals surface area contributed by atoms with Crippen LogP contribution in [-0.2, 0) is 4.79 Å². The lowest BCUT2D eigenvalue weighted by Gasteiger charge is -2.34. The maximum absolute atomic E-state index is 14.5. The molecule has 1 N–H and O–H groups in total. The highest BCUT2D eigenvalue weighted by atomic mass is 19.3. The molecular weight excluding hydrogens is 402 g/mol. The zero-order chi connectivity index (χ0) is 21.8. The normalized spacial score (nSPS) is 26.6. The Morgan fingerprint density at radius 2 is 1.77 bits per heavy atom. The molecule has 166 valence electrons. The van der Waals surface area contributed by atoms with Crippen molar-refractivity contribution in [1.82, 2.24) is 10.2 Å². The molecule has 1 aliphatic heterocycles. The number of ketones is 1. The van der Waals surface area contributed by atoms with Crippen molar-refractivity contribution in [2.24, 2.45) is 16.7 Å². The monoisotopic (exact) mass is 429 g/mol. The van der Waals surface area contributed by atoms with E-state index in [1.54, 1.807) is 0 Å². The topological polar surface area (TPSA) is 73.2 Å². The van der Waals surface area contributed by atoms with E-state index in [9.17, 15) is 32.4 Å². The van der Waals surface area contributed by atoms with Crippen molar-refractivity contribution >= 4 is 11.8 Å². The van der Waals surface area contributed by atoms with E-state index in [1.165, 1.54) is 4.90 Å². The quantitative estimate of drug-likeness (QED) is 0.586. The fourth-order valence-corrected chi connectivity index (χ4v) is 4.61. The smallest absolute Gasteiger partial charge is 0.317 e. The van der Waals surface area contributed by atoms with Crippen LogP contribution in [0.4, 0.5) is 22.4 Å². The average molecular weight is 429 g/mol. The van der Waals surface area contributed by atoms with Crippen molar-refractivity contribution in [1.29, 1.82) is 5.26 Å². The molecule has 4 rings (SSSR count). The second-order valence-corrected chi connectivity index (χ2v) is 9.89. The van der Waals surface area contributed by atoms with E-state index in [4.69, 9.17) is 0 Å². The van der Waals surface area contributed by atoms with Gasteiger partial charge in [-0.15, -0.1) is 0 Å². The van der Waals surface area contributed by atoms with Crippen molar-refractivity contribution in [3.05, 3.63) is 0 Å². The number of rotatable bonds is 8. The van der Waals surface area contributed by atoms with Gasteiger partial charge < -0.3 is 10.2 Å². The summed E-state index contributed by atoms with van der Waals surface area (Å²) < 4.78 is 56.0.